The van der Waals surface area contributed by atoms with Gasteiger partial charge in [-0.15, -0.1) is 0 Å². The highest BCUT2D eigenvalue weighted by atomic mass is 35.5. The van der Waals surface area contributed by atoms with Crippen LogP contribution in [0.15, 0.2) is 50.1 Å². The standard InChI is InChI=1S/C11H7ClN4O2S2/c12-10-6-7(4-5-13-10)16-20(17,18)9-3-1-2-8-11(9)15-19-14-8/h1-6H,(H,13,16). The zero-order chi connectivity index (χ0) is 14.2. The lowest BCUT2D eigenvalue weighted by atomic mass is 10.3. The van der Waals surface area contributed by atoms with Gasteiger partial charge in [-0.3, -0.25) is 4.72 Å². The van der Waals surface area contributed by atoms with Crippen molar-refractivity contribution in [1.29, 1.82) is 0 Å². The second kappa shape index (κ2) is 4.97. The molecule has 0 saturated carbocycles. The molecule has 0 unspecified atom stereocenters. The summed E-state index contributed by atoms with van der Waals surface area (Å²) >= 11 is 6.70. The first-order valence-electron chi connectivity index (χ1n) is 5.42. The van der Waals surface area contributed by atoms with Crippen LogP contribution in [0.2, 0.25) is 5.15 Å². The molecule has 20 heavy (non-hydrogen) atoms. The summed E-state index contributed by atoms with van der Waals surface area (Å²) in [5.41, 5.74) is 1.24. The second-order valence-electron chi connectivity index (χ2n) is 3.86. The largest absolute Gasteiger partial charge is 0.279 e. The monoisotopic (exact) mass is 326 g/mol. The smallest absolute Gasteiger partial charge is 0.264 e. The number of aromatic nitrogens is 1. The number of nitrogens with one attached hydrogen (secondary N) is 1. The Bertz CT molecular complexity index is 860. The van der Waals surface area contributed by atoms with Gasteiger partial charge in [0.05, 0.1) is 17.0 Å². The highest BCUT2D eigenvalue weighted by molar-refractivity contribution is 7.93. The SMILES string of the molecule is O=S(=O)(Nc1ccnc(Cl)c1)c1cccc2c1N=S=N2. The van der Waals surface area contributed by atoms with Crippen molar-refractivity contribution < 1.29 is 8.42 Å². The molecule has 102 valence electrons. The third-order valence-corrected chi connectivity index (χ3v) is 4.68. The van der Waals surface area contributed by atoms with Crippen LogP contribution in [0.4, 0.5) is 17.1 Å². The third kappa shape index (κ3) is 2.45. The fourth-order valence-electron chi connectivity index (χ4n) is 1.67. The van der Waals surface area contributed by atoms with E-state index in [1.807, 2.05) is 0 Å². The summed E-state index contributed by atoms with van der Waals surface area (Å²) < 4.78 is 35.3. The van der Waals surface area contributed by atoms with Crippen molar-refractivity contribution in [3.05, 3.63) is 41.7 Å². The molecule has 2 heterocycles. The number of fused-ring (bicyclic) bond motifs is 1. The van der Waals surface area contributed by atoms with Crippen LogP contribution in [0.5, 0.6) is 0 Å². The fourth-order valence-corrected chi connectivity index (χ4v) is 3.67. The Kier molecular flexibility index (Phi) is 3.28. The van der Waals surface area contributed by atoms with Crippen LogP contribution in [0, 0.1) is 0 Å². The number of benzene rings is 1. The van der Waals surface area contributed by atoms with Gasteiger partial charge in [0.2, 0.25) is 0 Å². The van der Waals surface area contributed by atoms with Gasteiger partial charge in [0.1, 0.15) is 21.4 Å². The molecule has 1 aromatic heterocycles. The van der Waals surface area contributed by atoms with Gasteiger partial charge in [-0.2, -0.15) is 8.73 Å². The van der Waals surface area contributed by atoms with Crippen molar-refractivity contribution in [2.45, 2.75) is 4.90 Å². The fraction of sp³-hybridized carbons (Fsp3) is 0. The van der Waals surface area contributed by atoms with Gasteiger partial charge in [-0.05, 0) is 24.3 Å². The molecule has 2 aromatic rings. The Hall–Kier alpha value is -1.77. The molecule has 0 bridgehead atoms. The van der Waals surface area contributed by atoms with E-state index >= 15 is 0 Å². The van der Waals surface area contributed by atoms with Gasteiger partial charge in [0, 0.05) is 6.20 Å². The van der Waals surface area contributed by atoms with Crippen LogP contribution < -0.4 is 4.72 Å². The van der Waals surface area contributed by atoms with E-state index in [9.17, 15) is 8.42 Å². The average Bonchev–Trinajstić information content (AvgIpc) is 2.85. The molecular formula is C11H7ClN4O2S2. The van der Waals surface area contributed by atoms with Gasteiger partial charge in [-0.1, -0.05) is 17.7 Å². The molecule has 0 aliphatic carbocycles. The van der Waals surface area contributed by atoms with Crippen molar-refractivity contribution in [2.75, 3.05) is 4.72 Å². The number of anilines is 1. The van der Waals surface area contributed by atoms with E-state index in [2.05, 4.69) is 18.4 Å². The van der Waals surface area contributed by atoms with Crippen molar-refractivity contribution >= 4 is 50.0 Å². The highest BCUT2D eigenvalue weighted by Gasteiger charge is 2.22. The van der Waals surface area contributed by atoms with Gasteiger partial charge < -0.3 is 0 Å². The maximum absolute atomic E-state index is 12.4. The summed E-state index contributed by atoms with van der Waals surface area (Å²) in [7, 11) is -3.76. The number of rotatable bonds is 3. The van der Waals surface area contributed by atoms with E-state index in [0.29, 0.717) is 17.1 Å². The molecule has 3 rings (SSSR count). The molecule has 9 heteroatoms. The first-order chi connectivity index (χ1) is 9.56. The molecule has 1 aromatic carbocycles. The summed E-state index contributed by atoms with van der Waals surface area (Å²) in [6, 6.07) is 7.76. The lowest BCUT2D eigenvalue weighted by molar-refractivity contribution is 0.601. The molecule has 1 aliphatic rings. The molecule has 0 spiro atoms. The normalized spacial score (nSPS) is 12.8. The average molecular weight is 327 g/mol. The zero-order valence-electron chi connectivity index (χ0n) is 9.82. The molecule has 0 radical (unpaired) electrons. The lowest BCUT2D eigenvalue weighted by Crippen LogP contribution is -2.13. The van der Waals surface area contributed by atoms with Crippen LogP contribution >= 0.6 is 11.6 Å². The topological polar surface area (TPSA) is 83.8 Å². The van der Waals surface area contributed by atoms with Gasteiger partial charge in [0.25, 0.3) is 10.0 Å². The molecule has 0 amide bonds. The van der Waals surface area contributed by atoms with E-state index in [0.717, 1.165) is 11.4 Å². The number of hydrogen-bond donors (Lipinski definition) is 1. The van der Waals surface area contributed by atoms with E-state index in [4.69, 9.17) is 11.6 Å². The maximum atomic E-state index is 12.4. The van der Waals surface area contributed by atoms with Crippen molar-refractivity contribution in [2.24, 2.45) is 8.73 Å². The summed E-state index contributed by atoms with van der Waals surface area (Å²) in [5, 5.41) is 0.207. The molecule has 0 fully saturated rings. The summed E-state index contributed by atoms with van der Waals surface area (Å²) in [6.45, 7) is 0. The van der Waals surface area contributed by atoms with E-state index in [1.165, 1.54) is 24.4 Å². The third-order valence-electron chi connectivity index (χ3n) is 2.52. The Morgan fingerprint density at radius 1 is 1.20 bits per heavy atom. The summed E-state index contributed by atoms with van der Waals surface area (Å²) in [6.07, 6.45) is 1.42. The molecule has 0 atom stereocenters. The predicted octanol–water partition coefficient (Wildman–Crippen LogP) is 3.26. The minimum absolute atomic E-state index is 0.0803. The minimum atomic E-state index is -3.76. The zero-order valence-corrected chi connectivity index (χ0v) is 12.2. The van der Waals surface area contributed by atoms with Crippen LogP contribution in [0.25, 0.3) is 0 Å². The second-order valence-corrected chi connectivity index (χ2v) is 6.43. The minimum Gasteiger partial charge on any atom is -0.279 e. The first-order valence-corrected chi connectivity index (χ1v) is 8.01. The summed E-state index contributed by atoms with van der Waals surface area (Å²) in [4.78, 5) is 3.87. The van der Waals surface area contributed by atoms with Crippen molar-refractivity contribution in [1.82, 2.24) is 4.98 Å². The number of nitrogens with zero attached hydrogens (tertiary/aromatic N) is 3. The van der Waals surface area contributed by atoms with Crippen molar-refractivity contribution in [3.8, 4) is 0 Å². The van der Waals surface area contributed by atoms with Gasteiger partial charge in [0.15, 0.2) is 0 Å². The number of pyridine rings is 1. The van der Waals surface area contributed by atoms with Gasteiger partial charge in [-0.25, -0.2) is 13.4 Å². The Balaban J connectivity index is 2.02. The molecule has 6 nitrogen and oxygen atoms in total. The van der Waals surface area contributed by atoms with Crippen LogP contribution in [0.3, 0.4) is 0 Å². The quantitative estimate of drug-likeness (QED) is 0.750. The summed E-state index contributed by atoms with van der Waals surface area (Å²) in [5.74, 6) is 0. The van der Waals surface area contributed by atoms with Crippen LogP contribution in [0.1, 0.15) is 0 Å². The number of halogens is 1. The van der Waals surface area contributed by atoms with E-state index in [-0.39, 0.29) is 10.0 Å². The van der Waals surface area contributed by atoms with Crippen LogP contribution in [-0.4, -0.2) is 13.4 Å². The number of hydrogen-bond acceptors (Lipinski definition) is 5. The van der Waals surface area contributed by atoms with Gasteiger partial charge >= 0.3 is 0 Å². The van der Waals surface area contributed by atoms with Crippen LogP contribution in [-0.2, 0) is 21.4 Å². The first kappa shape index (κ1) is 13.2. The Morgan fingerprint density at radius 2 is 2.05 bits per heavy atom. The van der Waals surface area contributed by atoms with Crippen molar-refractivity contribution in [3.63, 3.8) is 0 Å². The molecule has 0 saturated heterocycles. The predicted molar refractivity (Wildman–Crippen MR) is 78.0 cm³/mol. The van der Waals surface area contributed by atoms with E-state index < -0.39 is 10.0 Å². The molecule has 1 N–H and O–H groups in total. The molecule has 1 aliphatic heterocycles. The highest BCUT2D eigenvalue weighted by Crippen LogP contribution is 2.37. The Labute approximate surface area is 123 Å². The van der Waals surface area contributed by atoms with E-state index in [1.54, 1.807) is 12.1 Å². The molecular weight excluding hydrogens is 320 g/mol. The lowest BCUT2D eigenvalue weighted by Gasteiger charge is -2.09. The Morgan fingerprint density at radius 3 is 2.85 bits per heavy atom. The number of sulfonamides is 1. The maximum Gasteiger partial charge on any atom is 0.264 e.